The molecule has 0 radical (unpaired) electrons. The Bertz CT molecular complexity index is 445. The van der Waals surface area contributed by atoms with Gasteiger partial charge in [0.25, 0.3) is 0 Å². The third-order valence-electron chi connectivity index (χ3n) is 3.23. The number of carbonyl (C=O) groups excluding carboxylic acids is 1. The highest BCUT2D eigenvalue weighted by Crippen LogP contribution is 2.19. The van der Waals surface area contributed by atoms with Gasteiger partial charge >= 0.3 is 0 Å². The molecule has 0 bridgehead atoms. The van der Waals surface area contributed by atoms with E-state index in [0.717, 1.165) is 38.1 Å². The zero-order valence-corrected chi connectivity index (χ0v) is 10.0. The molecule has 1 fully saturated rings. The molecule has 0 aromatic heterocycles. The summed E-state index contributed by atoms with van der Waals surface area (Å²) >= 11 is 0. The molecule has 1 atom stereocenters. The molecule has 1 aromatic carbocycles. The molecule has 98 valence electrons. The van der Waals surface area contributed by atoms with Crippen molar-refractivity contribution in [3.05, 3.63) is 35.4 Å². The number of nitrogens with zero attached hydrogens (tertiary/aromatic N) is 1. The third-order valence-corrected chi connectivity index (χ3v) is 3.23. The minimum absolute atomic E-state index is 0.0234. The first-order chi connectivity index (χ1) is 8.58. The van der Waals surface area contributed by atoms with Gasteiger partial charge in [-0.1, -0.05) is 6.07 Å². The summed E-state index contributed by atoms with van der Waals surface area (Å²) in [6.45, 7) is 1.53. The Morgan fingerprint density at radius 2 is 1.94 bits per heavy atom. The van der Waals surface area contributed by atoms with Crippen LogP contribution in [-0.4, -0.2) is 23.9 Å². The lowest BCUT2D eigenvalue weighted by atomic mass is 10.0. The number of hydrogen-bond acceptors (Lipinski definition) is 2. The standard InChI is InChI=1S/C13H16F2N2O/c14-10-4-3-9(7-11(10)15)12(16)8-13(18)17-5-1-2-6-17/h3-4,7,12H,1-2,5-6,8,16H2. The SMILES string of the molecule is NC(CC(=O)N1CCCC1)c1ccc(F)c(F)c1. The van der Waals surface area contributed by atoms with E-state index in [1.54, 1.807) is 4.90 Å². The van der Waals surface area contributed by atoms with Gasteiger partial charge in [0.05, 0.1) is 0 Å². The summed E-state index contributed by atoms with van der Waals surface area (Å²) in [6, 6.07) is 2.91. The summed E-state index contributed by atoms with van der Waals surface area (Å²) in [5.41, 5.74) is 6.29. The van der Waals surface area contributed by atoms with Crippen LogP contribution in [-0.2, 0) is 4.79 Å². The van der Waals surface area contributed by atoms with Crippen molar-refractivity contribution in [3.8, 4) is 0 Å². The first kappa shape index (κ1) is 13.0. The predicted octanol–water partition coefficient (Wildman–Crippen LogP) is 1.98. The smallest absolute Gasteiger partial charge is 0.224 e. The fourth-order valence-electron chi connectivity index (χ4n) is 2.14. The van der Waals surface area contributed by atoms with Gasteiger partial charge in [0.15, 0.2) is 11.6 Å². The van der Waals surface area contributed by atoms with Gasteiger partial charge in [-0.25, -0.2) is 8.78 Å². The zero-order valence-electron chi connectivity index (χ0n) is 10.0. The molecule has 3 nitrogen and oxygen atoms in total. The molecular formula is C13H16F2N2O. The highest BCUT2D eigenvalue weighted by Gasteiger charge is 2.21. The van der Waals surface area contributed by atoms with Crippen LogP contribution in [0.3, 0.4) is 0 Å². The molecule has 2 N–H and O–H groups in total. The number of nitrogens with two attached hydrogens (primary N) is 1. The maximum atomic E-state index is 13.1. The fourth-order valence-corrected chi connectivity index (χ4v) is 2.14. The molecule has 1 aromatic rings. The normalized spacial score (nSPS) is 16.9. The number of halogens is 2. The van der Waals surface area contributed by atoms with Crippen LogP contribution in [0.2, 0.25) is 0 Å². The van der Waals surface area contributed by atoms with Crippen molar-refractivity contribution in [2.75, 3.05) is 13.1 Å². The van der Waals surface area contributed by atoms with E-state index in [4.69, 9.17) is 5.73 Å². The number of hydrogen-bond donors (Lipinski definition) is 1. The summed E-state index contributed by atoms with van der Waals surface area (Å²) in [7, 11) is 0. The monoisotopic (exact) mass is 254 g/mol. The van der Waals surface area contributed by atoms with Gasteiger partial charge in [-0.3, -0.25) is 4.79 Å². The summed E-state index contributed by atoms with van der Waals surface area (Å²) in [5, 5.41) is 0. The summed E-state index contributed by atoms with van der Waals surface area (Å²) < 4.78 is 25.8. The molecule has 18 heavy (non-hydrogen) atoms. The highest BCUT2D eigenvalue weighted by atomic mass is 19.2. The van der Waals surface area contributed by atoms with E-state index in [-0.39, 0.29) is 12.3 Å². The van der Waals surface area contributed by atoms with E-state index in [9.17, 15) is 13.6 Å². The Labute approximate surface area is 105 Å². The Hall–Kier alpha value is -1.49. The van der Waals surface area contributed by atoms with Crippen LogP contribution in [0.4, 0.5) is 8.78 Å². The van der Waals surface area contributed by atoms with Gasteiger partial charge < -0.3 is 10.6 Å². The molecule has 0 aliphatic carbocycles. The van der Waals surface area contributed by atoms with Gasteiger partial charge in [-0.2, -0.15) is 0 Å². The van der Waals surface area contributed by atoms with Crippen molar-refractivity contribution in [3.63, 3.8) is 0 Å². The van der Waals surface area contributed by atoms with Crippen molar-refractivity contribution in [2.24, 2.45) is 5.73 Å². The Kier molecular flexibility index (Phi) is 3.91. The quantitative estimate of drug-likeness (QED) is 0.896. The van der Waals surface area contributed by atoms with Crippen LogP contribution in [0.15, 0.2) is 18.2 Å². The average Bonchev–Trinajstić information content (AvgIpc) is 2.86. The van der Waals surface area contributed by atoms with Crippen LogP contribution >= 0.6 is 0 Å². The largest absolute Gasteiger partial charge is 0.343 e. The zero-order chi connectivity index (χ0) is 13.1. The molecule has 1 saturated heterocycles. The molecule has 0 saturated carbocycles. The number of likely N-dealkylation sites (tertiary alicyclic amines) is 1. The lowest BCUT2D eigenvalue weighted by molar-refractivity contribution is -0.130. The van der Waals surface area contributed by atoms with Crippen molar-refractivity contribution in [1.29, 1.82) is 0 Å². The molecule has 5 heteroatoms. The molecule has 1 aliphatic rings. The maximum Gasteiger partial charge on any atom is 0.224 e. The van der Waals surface area contributed by atoms with Crippen LogP contribution in [0, 0.1) is 11.6 Å². The van der Waals surface area contributed by atoms with E-state index in [2.05, 4.69) is 0 Å². The second-order valence-corrected chi connectivity index (χ2v) is 4.57. The topological polar surface area (TPSA) is 46.3 Å². The Morgan fingerprint density at radius 1 is 1.28 bits per heavy atom. The minimum atomic E-state index is -0.934. The number of rotatable bonds is 3. The first-order valence-corrected chi connectivity index (χ1v) is 6.06. The summed E-state index contributed by atoms with van der Waals surface area (Å²) in [5.74, 6) is -1.86. The van der Waals surface area contributed by atoms with E-state index in [0.29, 0.717) is 5.56 Å². The van der Waals surface area contributed by atoms with Crippen LogP contribution in [0.1, 0.15) is 30.9 Å². The second kappa shape index (κ2) is 5.44. The molecule has 0 spiro atoms. The molecule has 1 unspecified atom stereocenters. The Morgan fingerprint density at radius 3 is 2.56 bits per heavy atom. The van der Waals surface area contributed by atoms with Crippen LogP contribution < -0.4 is 5.73 Å². The molecule has 1 aliphatic heterocycles. The van der Waals surface area contributed by atoms with E-state index < -0.39 is 17.7 Å². The lowest BCUT2D eigenvalue weighted by Gasteiger charge is -2.18. The minimum Gasteiger partial charge on any atom is -0.343 e. The third kappa shape index (κ3) is 2.85. The van der Waals surface area contributed by atoms with Gasteiger partial charge in [0, 0.05) is 25.6 Å². The first-order valence-electron chi connectivity index (χ1n) is 6.06. The number of carbonyl (C=O) groups is 1. The summed E-state index contributed by atoms with van der Waals surface area (Å²) in [6.07, 6.45) is 2.17. The van der Waals surface area contributed by atoms with Crippen molar-refractivity contribution < 1.29 is 13.6 Å². The Balaban J connectivity index is 2.00. The van der Waals surface area contributed by atoms with Crippen molar-refractivity contribution >= 4 is 5.91 Å². The predicted molar refractivity (Wildman–Crippen MR) is 63.7 cm³/mol. The molecule has 1 heterocycles. The van der Waals surface area contributed by atoms with Gasteiger partial charge in [-0.05, 0) is 30.5 Å². The van der Waals surface area contributed by atoms with E-state index in [1.165, 1.54) is 6.07 Å². The van der Waals surface area contributed by atoms with Crippen molar-refractivity contribution in [2.45, 2.75) is 25.3 Å². The van der Waals surface area contributed by atoms with Crippen LogP contribution in [0.25, 0.3) is 0 Å². The number of benzene rings is 1. The molecular weight excluding hydrogens is 238 g/mol. The van der Waals surface area contributed by atoms with Gasteiger partial charge in [0.1, 0.15) is 0 Å². The lowest BCUT2D eigenvalue weighted by Crippen LogP contribution is -2.30. The fraction of sp³-hybridized carbons (Fsp3) is 0.462. The second-order valence-electron chi connectivity index (χ2n) is 4.57. The molecule has 2 rings (SSSR count). The maximum absolute atomic E-state index is 13.1. The van der Waals surface area contributed by atoms with Gasteiger partial charge in [-0.15, -0.1) is 0 Å². The molecule has 1 amide bonds. The van der Waals surface area contributed by atoms with Gasteiger partial charge in [0.2, 0.25) is 5.91 Å². The van der Waals surface area contributed by atoms with E-state index >= 15 is 0 Å². The number of amides is 1. The van der Waals surface area contributed by atoms with Crippen LogP contribution in [0.5, 0.6) is 0 Å². The van der Waals surface area contributed by atoms with E-state index in [1.807, 2.05) is 0 Å². The highest BCUT2D eigenvalue weighted by molar-refractivity contribution is 5.77. The average molecular weight is 254 g/mol. The summed E-state index contributed by atoms with van der Waals surface area (Å²) in [4.78, 5) is 13.6. The van der Waals surface area contributed by atoms with Crippen molar-refractivity contribution in [1.82, 2.24) is 4.90 Å².